The molecule has 1 amide bonds. The molecule has 4 nitrogen and oxygen atoms in total. The lowest BCUT2D eigenvalue weighted by atomic mass is 10.7. The highest BCUT2D eigenvalue weighted by Crippen LogP contribution is 1.90. The summed E-state index contributed by atoms with van der Waals surface area (Å²) in [4.78, 5) is 10.0. The fourth-order valence-electron chi connectivity index (χ4n) is 0.493. The van der Waals surface area contributed by atoms with Gasteiger partial charge in [-0.2, -0.15) is 0 Å². The van der Waals surface area contributed by atoms with Crippen molar-refractivity contribution in [2.45, 2.75) is 0 Å². The summed E-state index contributed by atoms with van der Waals surface area (Å²) in [6.45, 7) is 0.603. The van der Waals surface area contributed by atoms with Crippen LogP contribution in [0.2, 0.25) is 0 Å². The first kappa shape index (κ1) is 5.11. The van der Waals surface area contributed by atoms with Gasteiger partial charge < -0.3 is 5.11 Å². The van der Waals surface area contributed by atoms with E-state index in [2.05, 4.69) is 5.43 Å². The predicted octanol–water partition coefficient (Wildman–Crippen LogP) is -0.00170. The molecule has 0 unspecified atom stereocenters. The van der Waals surface area contributed by atoms with E-state index in [1.165, 1.54) is 6.20 Å². The Labute approximate surface area is 46.4 Å². The fourth-order valence-corrected chi connectivity index (χ4v) is 0.493. The van der Waals surface area contributed by atoms with E-state index in [1.807, 2.05) is 0 Å². The number of hydrogen-bond acceptors (Lipinski definition) is 2. The summed E-state index contributed by atoms with van der Waals surface area (Å²) in [6, 6.07) is 0. The van der Waals surface area contributed by atoms with Crippen molar-refractivity contribution >= 4 is 6.09 Å². The molecule has 1 aliphatic rings. The number of hydrazine groups is 1. The molecule has 0 saturated heterocycles. The molecule has 0 aliphatic carbocycles. The van der Waals surface area contributed by atoms with Crippen molar-refractivity contribution in [3.05, 3.63) is 12.3 Å². The number of amides is 1. The topological polar surface area (TPSA) is 52.6 Å². The van der Waals surface area contributed by atoms with Crippen molar-refractivity contribution in [1.29, 1.82) is 0 Å². The standard InChI is InChI=1S/C4H6N2O2/c7-4(8)6-3-1-2-5-6/h1,3,5H,2H2,(H,7,8). The third-order valence-corrected chi connectivity index (χ3v) is 0.840. The summed E-state index contributed by atoms with van der Waals surface area (Å²) in [6.07, 6.45) is 2.23. The molecule has 0 fully saturated rings. The van der Waals surface area contributed by atoms with Crippen LogP contribution >= 0.6 is 0 Å². The van der Waals surface area contributed by atoms with Crippen molar-refractivity contribution in [1.82, 2.24) is 10.4 Å². The van der Waals surface area contributed by atoms with Crippen LogP contribution in [0.25, 0.3) is 0 Å². The molecule has 0 aromatic heterocycles. The second kappa shape index (κ2) is 1.83. The molecule has 0 aromatic rings. The number of nitrogens with one attached hydrogen (secondary N) is 1. The lowest BCUT2D eigenvalue weighted by Crippen LogP contribution is -2.33. The van der Waals surface area contributed by atoms with Gasteiger partial charge in [-0.3, -0.25) is 0 Å². The summed E-state index contributed by atoms with van der Waals surface area (Å²) >= 11 is 0. The monoisotopic (exact) mass is 114 g/mol. The van der Waals surface area contributed by atoms with Crippen LogP contribution in [-0.2, 0) is 0 Å². The van der Waals surface area contributed by atoms with Crippen LogP contribution in [0.5, 0.6) is 0 Å². The first-order chi connectivity index (χ1) is 3.80. The number of rotatable bonds is 0. The Morgan fingerprint density at radius 1 is 1.88 bits per heavy atom. The van der Waals surface area contributed by atoms with Gasteiger partial charge in [0.1, 0.15) is 0 Å². The van der Waals surface area contributed by atoms with Gasteiger partial charge in [0, 0.05) is 12.7 Å². The zero-order chi connectivity index (χ0) is 5.98. The highest BCUT2D eigenvalue weighted by atomic mass is 16.4. The van der Waals surface area contributed by atoms with E-state index in [1.54, 1.807) is 6.08 Å². The van der Waals surface area contributed by atoms with Gasteiger partial charge in [0.25, 0.3) is 0 Å². The van der Waals surface area contributed by atoms with Crippen molar-refractivity contribution < 1.29 is 9.90 Å². The van der Waals surface area contributed by atoms with E-state index < -0.39 is 6.09 Å². The summed E-state index contributed by atoms with van der Waals surface area (Å²) in [5.41, 5.74) is 2.58. The van der Waals surface area contributed by atoms with Crippen LogP contribution in [0.1, 0.15) is 0 Å². The smallest absolute Gasteiger partial charge is 0.426 e. The Morgan fingerprint density at radius 3 is 2.88 bits per heavy atom. The Kier molecular flexibility index (Phi) is 1.17. The first-order valence-corrected chi connectivity index (χ1v) is 2.23. The highest BCUT2D eigenvalue weighted by Gasteiger charge is 2.08. The summed E-state index contributed by atoms with van der Waals surface area (Å²) in [7, 11) is 0. The number of nitrogens with zero attached hydrogens (tertiary/aromatic N) is 1. The van der Waals surface area contributed by atoms with Gasteiger partial charge in [0.05, 0.1) is 0 Å². The maximum Gasteiger partial charge on any atom is 0.426 e. The quantitative estimate of drug-likeness (QED) is 0.466. The molecule has 0 bridgehead atoms. The van der Waals surface area contributed by atoms with E-state index >= 15 is 0 Å². The van der Waals surface area contributed by atoms with Gasteiger partial charge in [-0.25, -0.2) is 15.2 Å². The molecule has 1 heterocycles. The zero-order valence-electron chi connectivity index (χ0n) is 4.16. The lowest BCUT2D eigenvalue weighted by Gasteiger charge is -2.06. The third-order valence-electron chi connectivity index (χ3n) is 0.840. The normalized spacial score (nSPS) is 17.2. The van der Waals surface area contributed by atoms with Crippen LogP contribution in [0, 0.1) is 0 Å². The highest BCUT2D eigenvalue weighted by molar-refractivity contribution is 5.66. The molecule has 4 heteroatoms. The van der Waals surface area contributed by atoms with Crippen LogP contribution in [0.3, 0.4) is 0 Å². The zero-order valence-corrected chi connectivity index (χ0v) is 4.16. The molecule has 0 radical (unpaired) electrons. The number of carboxylic acid groups (broad SMARTS) is 1. The van der Waals surface area contributed by atoms with Crippen LogP contribution < -0.4 is 5.43 Å². The average Bonchev–Trinajstić information content (AvgIpc) is 2.12. The summed E-state index contributed by atoms with van der Waals surface area (Å²) in [5.74, 6) is 0. The Morgan fingerprint density at radius 2 is 2.62 bits per heavy atom. The molecule has 0 spiro atoms. The molecule has 2 N–H and O–H groups in total. The number of hydrogen-bond donors (Lipinski definition) is 2. The van der Waals surface area contributed by atoms with Crippen molar-refractivity contribution in [3.8, 4) is 0 Å². The van der Waals surface area contributed by atoms with Crippen molar-refractivity contribution in [2.75, 3.05) is 6.54 Å². The fraction of sp³-hybridized carbons (Fsp3) is 0.250. The Bertz CT molecular complexity index is 132. The summed E-state index contributed by atoms with van der Waals surface area (Å²) in [5, 5.41) is 9.24. The van der Waals surface area contributed by atoms with Gasteiger partial charge in [0.2, 0.25) is 0 Å². The molecular formula is C4H6N2O2. The molecular weight excluding hydrogens is 108 g/mol. The lowest BCUT2D eigenvalue weighted by molar-refractivity contribution is 0.151. The van der Waals surface area contributed by atoms with Crippen molar-refractivity contribution in [2.24, 2.45) is 0 Å². The molecule has 8 heavy (non-hydrogen) atoms. The molecule has 0 atom stereocenters. The molecule has 44 valence electrons. The van der Waals surface area contributed by atoms with Crippen molar-refractivity contribution in [3.63, 3.8) is 0 Å². The predicted molar refractivity (Wildman–Crippen MR) is 27.0 cm³/mol. The Hall–Kier alpha value is -1.03. The average molecular weight is 114 g/mol. The minimum atomic E-state index is -0.973. The molecule has 0 aromatic carbocycles. The number of carbonyl (C=O) groups is 1. The van der Waals surface area contributed by atoms with E-state index in [0.717, 1.165) is 5.01 Å². The first-order valence-electron chi connectivity index (χ1n) is 2.23. The SMILES string of the molecule is O=C(O)N1C=CCN1. The van der Waals surface area contributed by atoms with Gasteiger partial charge in [-0.05, 0) is 0 Å². The van der Waals surface area contributed by atoms with Gasteiger partial charge in [-0.1, -0.05) is 6.08 Å². The van der Waals surface area contributed by atoms with Crippen LogP contribution in [-0.4, -0.2) is 22.8 Å². The second-order valence-electron chi connectivity index (χ2n) is 1.40. The Balaban J connectivity index is 2.48. The second-order valence-corrected chi connectivity index (χ2v) is 1.40. The van der Waals surface area contributed by atoms with Crippen LogP contribution in [0.15, 0.2) is 12.3 Å². The van der Waals surface area contributed by atoms with Crippen LogP contribution in [0.4, 0.5) is 4.79 Å². The third kappa shape index (κ3) is 0.788. The molecule has 1 aliphatic heterocycles. The van der Waals surface area contributed by atoms with E-state index in [9.17, 15) is 4.79 Å². The van der Waals surface area contributed by atoms with Gasteiger partial charge in [0.15, 0.2) is 0 Å². The maximum absolute atomic E-state index is 10.0. The van der Waals surface area contributed by atoms with E-state index in [4.69, 9.17) is 5.11 Å². The minimum Gasteiger partial charge on any atom is -0.464 e. The van der Waals surface area contributed by atoms with Gasteiger partial charge >= 0.3 is 6.09 Å². The van der Waals surface area contributed by atoms with E-state index in [0.29, 0.717) is 6.54 Å². The largest absolute Gasteiger partial charge is 0.464 e. The van der Waals surface area contributed by atoms with Gasteiger partial charge in [-0.15, -0.1) is 0 Å². The maximum atomic E-state index is 10.0. The molecule has 1 rings (SSSR count). The minimum absolute atomic E-state index is 0.603. The van der Waals surface area contributed by atoms with E-state index in [-0.39, 0.29) is 0 Å². The summed E-state index contributed by atoms with van der Waals surface area (Å²) < 4.78 is 0. The molecule has 0 saturated carbocycles.